The number of benzene rings is 1. The van der Waals surface area contributed by atoms with Crippen LogP contribution in [0.2, 0.25) is 0 Å². The summed E-state index contributed by atoms with van der Waals surface area (Å²) in [6.07, 6.45) is 5.96. The maximum atomic E-state index is 12.8. The molecule has 2 heterocycles. The van der Waals surface area contributed by atoms with E-state index in [1.54, 1.807) is 24.6 Å². The van der Waals surface area contributed by atoms with Crippen molar-refractivity contribution in [1.82, 2.24) is 5.32 Å². The van der Waals surface area contributed by atoms with Gasteiger partial charge in [-0.15, -0.1) is 11.3 Å². The highest BCUT2D eigenvalue weighted by atomic mass is 32.1. The molecule has 0 fully saturated rings. The summed E-state index contributed by atoms with van der Waals surface area (Å²) in [7, 11) is 1.63. The Morgan fingerprint density at radius 1 is 1.21 bits per heavy atom. The maximum absolute atomic E-state index is 12.8. The van der Waals surface area contributed by atoms with Crippen molar-refractivity contribution in [2.75, 3.05) is 12.4 Å². The molecule has 0 saturated heterocycles. The number of carbonyl (C=O) groups excluding carboxylic acids is 2. The molecule has 4 rings (SSSR count). The molecule has 1 aliphatic carbocycles. The minimum atomic E-state index is -0.133. The number of carbonyl (C=O) groups is 2. The summed E-state index contributed by atoms with van der Waals surface area (Å²) < 4.78 is 5.64. The zero-order valence-electron chi connectivity index (χ0n) is 17.1. The third-order valence-electron chi connectivity index (χ3n) is 5.57. The Bertz CT molecular complexity index is 1080. The van der Waals surface area contributed by atoms with Gasteiger partial charge in [0.25, 0.3) is 5.91 Å². The van der Waals surface area contributed by atoms with Gasteiger partial charge >= 0.3 is 0 Å². The van der Waals surface area contributed by atoms with Crippen LogP contribution in [0.15, 0.2) is 28.9 Å². The number of nitrogens with one attached hydrogen (secondary N) is 2. The number of furan rings is 1. The number of rotatable bonds is 5. The van der Waals surface area contributed by atoms with Crippen molar-refractivity contribution in [1.29, 1.82) is 0 Å². The first-order valence-electron chi connectivity index (χ1n) is 10.1. The molecule has 0 unspecified atom stereocenters. The van der Waals surface area contributed by atoms with E-state index in [0.29, 0.717) is 16.5 Å². The fourth-order valence-electron chi connectivity index (χ4n) is 3.96. The van der Waals surface area contributed by atoms with E-state index in [-0.39, 0.29) is 18.2 Å². The summed E-state index contributed by atoms with van der Waals surface area (Å²) in [5.41, 5.74) is 4.61. The third kappa shape index (κ3) is 3.81. The van der Waals surface area contributed by atoms with Gasteiger partial charge in [-0.05, 0) is 54.9 Å². The largest absolute Gasteiger partial charge is 0.464 e. The number of hydrogen-bond acceptors (Lipinski definition) is 4. The van der Waals surface area contributed by atoms with Crippen LogP contribution in [-0.4, -0.2) is 18.9 Å². The van der Waals surface area contributed by atoms with E-state index in [1.165, 1.54) is 10.4 Å². The summed E-state index contributed by atoms with van der Waals surface area (Å²) in [5, 5.41) is 7.36. The molecule has 1 aliphatic rings. The highest BCUT2D eigenvalue weighted by Gasteiger charge is 2.26. The van der Waals surface area contributed by atoms with E-state index in [1.807, 2.05) is 6.07 Å². The van der Waals surface area contributed by atoms with Crippen LogP contribution in [-0.2, 0) is 24.1 Å². The standard InChI is InChI=1S/C23H26N2O3S/c1-13(2)14-8-9-18-17(10-14)15(12-28-18)11-20(26)25-23-21(22(27)24-3)16-6-4-5-7-19(16)29-23/h8-10,12-13H,4-7,11H2,1-3H3,(H,24,27)(H,25,26). The summed E-state index contributed by atoms with van der Waals surface area (Å²) in [4.78, 5) is 26.5. The van der Waals surface area contributed by atoms with Crippen LogP contribution < -0.4 is 10.6 Å². The van der Waals surface area contributed by atoms with Gasteiger partial charge in [0.15, 0.2) is 0 Å². The molecule has 0 radical (unpaired) electrons. The molecular weight excluding hydrogens is 384 g/mol. The number of amides is 2. The maximum Gasteiger partial charge on any atom is 0.254 e. The van der Waals surface area contributed by atoms with Crippen LogP contribution >= 0.6 is 11.3 Å². The molecule has 0 atom stereocenters. The van der Waals surface area contributed by atoms with Gasteiger partial charge in [0.2, 0.25) is 5.91 Å². The smallest absolute Gasteiger partial charge is 0.254 e. The third-order valence-corrected chi connectivity index (χ3v) is 6.78. The lowest BCUT2D eigenvalue weighted by atomic mass is 9.95. The molecular formula is C23H26N2O3S. The molecule has 0 saturated carbocycles. The van der Waals surface area contributed by atoms with E-state index in [4.69, 9.17) is 4.42 Å². The van der Waals surface area contributed by atoms with Crippen LogP contribution in [0.5, 0.6) is 0 Å². The first-order valence-corrected chi connectivity index (χ1v) is 11.0. The van der Waals surface area contributed by atoms with Crippen molar-refractivity contribution in [2.45, 2.75) is 51.9 Å². The van der Waals surface area contributed by atoms with Crippen LogP contribution in [0.1, 0.15) is 64.5 Å². The molecule has 2 aromatic heterocycles. The molecule has 6 heteroatoms. The highest BCUT2D eigenvalue weighted by Crippen LogP contribution is 2.38. The van der Waals surface area contributed by atoms with Crippen molar-refractivity contribution in [3.05, 3.63) is 51.6 Å². The van der Waals surface area contributed by atoms with Crippen molar-refractivity contribution in [3.63, 3.8) is 0 Å². The van der Waals surface area contributed by atoms with Crippen LogP contribution in [0.4, 0.5) is 5.00 Å². The number of anilines is 1. The Morgan fingerprint density at radius 2 is 2.00 bits per heavy atom. The minimum absolute atomic E-state index is 0.130. The van der Waals surface area contributed by atoms with Gasteiger partial charge in [-0.3, -0.25) is 9.59 Å². The Hall–Kier alpha value is -2.60. The number of aryl methyl sites for hydroxylation is 1. The highest BCUT2D eigenvalue weighted by molar-refractivity contribution is 7.17. The van der Waals surface area contributed by atoms with E-state index >= 15 is 0 Å². The summed E-state index contributed by atoms with van der Waals surface area (Å²) in [6, 6.07) is 6.13. The second-order valence-electron chi connectivity index (χ2n) is 7.89. The minimum Gasteiger partial charge on any atom is -0.464 e. The summed E-state index contributed by atoms with van der Waals surface area (Å²) in [6.45, 7) is 4.29. The SMILES string of the molecule is CNC(=O)c1c(NC(=O)Cc2coc3ccc(C(C)C)cc23)sc2c1CCCC2. The van der Waals surface area contributed by atoms with E-state index in [2.05, 4.69) is 36.6 Å². The normalized spacial score (nSPS) is 13.5. The average Bonchev–Trinajstić information content (AvgIpc) is 3.27. The quantitative estimate of drug-likeness (QED) is 0.619. The molecule has 0 bridgehead atoms. The number of thiophene rings is 1. The van der Waals surface area contributed by atoms with Gasteiger partial charge in [0.05, 0.1) is 18.2 Å². The number of hydrogen-bond donors (Lipinski definition) is 2. The van der Waals surface area contributed by atoms with Crippen LogP contribution in [0.3, 0.4) is 0 Å². The van der Waals surface area contributed by atoms with Crippen LogP contribution in [0.25, 0.3) is 11.0 Å². The Kier molecular flexibility index (Phi) is 5.46. The van der Waals surface area contributed by atoms with Gasteiger partial charge in [-0.1, -0.05) is 19.9 Å². The fraction of sp³-hybridized carbons (Fsp3) is 0.391. The van der Waals surface area contributed by atoms with Crippen molar-refractivity contribution < 1.29 is 14.0 Å². The topological polar surface area (TPSA) is 71.3 Å². The van der Waals surface area contributed by atoms with E-state index < -0.39 is 0 Å². The molecule has 3 aromatic rings. The predicted octanol–water partition coefficient (Wildman–Crippen LogP) is 5.04. The lowest BCUT2D eigenvalue weighted by Gasteiger charge is -2.12. The molecule has 0 spiro atoms. The van der Waals surface area contributed by atoms with Crippen molar-refractivity contribution >= 4 is 39.1 Å². The molecule has 0 aliphatic heterocycles. The molecule has 5 nitrogen and oxygen atoms in total. The first kappa shape index (κ1) is 19.7. The molecule has 152 valence electrons. The zero-order valence-corrected chi connectivity index (χ0v) is 17.9. The van der Waals surface area contributed by atoms with Gasteiger partial charge < -0.3 is 15.1 Å². The molecule has 2 N–H and O–H groups in total. The van der Waals surface area contributed by atoms with Crippen LogP contribution in [0, 0.1) is 0 Å². The Labute approximate surface area is 174 Å². The lowest BCUT2D eigenvalue weighted by molar-refractivity contribution is -0.115. The fourth-order valence-corrected chi connectivity index (χ4v) is 5.26. The lowest BCUT2D eigenvalue weighted by Crippen LogP contribution is -2.22. The van der Waals surface area contributed by atoms with Crippen molar-refractivity contribution in [3.8, 4) is 0 Å². The Balaban J connectivity index is 1.59. The van der Waals surface area contributed by atoms with Gasteiger partial charge in [-0.25, -0.2) is 0 Å². The Morgan fingerprint density at radius 3 is 2.76 bits per heavy atom. The summed E-state index contributed by atoms with van der Waals surface area (Å²) in [5.74, 6) is 0.143. The summed E-state index contributed by atoms with van der Waals surface area (Å²) >= 11 is 1.54. The average molecular weight is 411 g/mol. The predicted molar refractivity (Wildman–Crippen MR) is 117 cm³/mol. The second kappa shape index (κ2) is 8.03. The zero-order chi connectivity index (χ0) is 20.5. The molecule has 1 aromatic carbocycles. The number of fused-ring (bicyclic) bond motifs is 2. The molecule has 2 amide bonds. The van der Waals surface area contributed by atoms with Gasteiger partial charge in [-0.2, -0.15) is 0 Å². The molecule has 29 heavy (non-hydrogen) atoms. The second-order valence-corrected chi connectivity index (χ2v) is 9.00. The van der Waals surface area contributed by atoms with E-state index in [9.17, 15) is 9.59 Å². The monoisotopic (exact) mass is 410 g/mol. The first-order chi connectivity index (χ1) is 14.0. The van der Waals surface area contributed by atoms with Gasteiger partial charge in [0, 0.05) is 22.9 Å². The van der Waals surface area contributed by atoms with Crippen molar-refractivity contribution in [2.24, 2.45) is 0 Å². The van der Waals surface area contributed by atoms with Gasteiger partial charge in [0.1, 0.15) is 10.6 Å². The van der Waals surface area contributed by atoms with E-state index in [0.717, 1.165) is 47.8 Å².